The van der Waals surface area contributed by atoms with E-state index in [1.54, 1.807) is 6.08 Å². The molecule has 2 saturated heterocycles. The molecule has 0 radical (unpaired) electrons. The molecule has 196 valence electrons. The Morgan fingerprint density at radius 1 is 1.14 bits per heavy atom. The third-order valence-electron chi connectivity index (χ3n) is 6.91. The van der Waals surface area contributed by atoms with E-state index in [1.165, 1.54) is 0 Å². The number of rotatable bonds is 7. The van der Waals surface area contributed by atoms with Crippen LogP contribution >= 0.6 is 0 Å². The smallest absolute Gasteiger partial charge is 0.317 e. The molecule has 0 bridgehead atoms. The van der Waals surface area contributed by atoms with E-state index in [0.29, 0.717) is 32.2 Å². The van der Waals surface area contributed by atoms with Crippen LogP contribution in [0.25, 0.3) is 11.2 Å². The summed E-state index contributed by atoms with van der Waals surface area (Å²) in [5.74, 6) is 0.0131. The molecule has 10 heteroatoms. The summed E-state index contributed by atoms with van der Waals surface area (Å²) in [5.41, 5.74) is 3.77. The first-order chi connectivity index (χ1) is 17.2. The Balaban J connectivity index is 1.26. The Bertz CT molecular complexity index is 1100. The molecule has 1 atom stereocenters. The molecule has 1 unspecified atom stereocenters. The Kier molecular flexibility index (Phi) is 8.13. The van der Waals surface area contributed by atoms with E-state index in [1.807, 2.05) is 48.1 Å². The number of likely N-dealkylation sites (tertiary alicyclic amines) is 2. The van der Waals surface area contributed by atoms with Gasteiger partial charge in [-0.2, -0.15) is 0 Å². The maximum Gasteiger partial charge on any atom is 0.317 e. The van der Waals surface area contributed by atoms with Crippen LogP contribution < -0.4 is 10.6 Å². The van der Waals surface area contributed by atoms with Gasteiger partial charge in [0.05, 0.1) is 12.0 Å². The molecule has 2 fully saturated rings. The summed E-state index contributed by atoms with van der Waals surface area (Å²) in [6.45, 7) is 9.63. The molecule has 0 aliphatic carbocycles. The number of fused-ring (bicyclic) bond motifs is 1. The number of amides is 3. The molecule has 2 aliphatic heterocycles. The highest BCUT2D eigenvalue weighted by atomic mass is 16.2. The lowest BCUT2D eigenvalue weighted by atomic mass is 10.0. The molecular formula is C26H40N8O2. The number of pyridine rings is 1. The zero-order chi connectivity index (χ0) is 25.8. The van der Waals surface area contributed by atoms with Crippen molar-refractivity contribution >= 4 is 28.8 Å². The number of hydrogen-bond donors (Lipinski definition) is 2. The van der Waals surface area contributed by atoms with Crippen molar-refractivity contribution in [1.29, 1.82) is 0 Å². The number of nitrogens with one attached hydrogen (secondary N) is 2. The second-order valence-corrected chi connectivity index (χ2v) is 10.5. The first-order valence-corrected chi connectivity index (χ1v) is 13.0. The minimum absolute atomic E-state index is 0.00342. The summed E-state index contributed by atoms with van der Waals surface area (Å²) < 4.78 is 2.10. The lowest BCUT2D eigenvalue weighted by Crippen LogP contribution is -2.50. The summed E-state index contributed by atoms with van der Waals surface area (Å²) >= 11 is 0. The fourth-order valence-electron chi connectivity index (χ4n) is 4.88. The third kappa shape index (κ3) is 6.16. The predicted octanol–water partition coefficient (Wildman–Crippen LogP) is 2.63. The number of anilines is 1. The maximum atomic E-state index is 12.9. The van der Waals surface area contributed by atoms with E-state index in [0.717, 1.165) is 48.4 Å². The van der Waals surface area contributed by atoms with E-state index in [2.05, 4.69) is 40.1 Å². The second-order valence-electron chi connectivity index (χ2n) is 10.5. The predicted molar refractivity (Wildman–Crippen MR) is 142 cm³/mol. The highest BCUT2D eigenvalue weighted by molar-refractivity contribution is 5.88. The van der Waals surface area contributed by atoms with Gasteiger partial charge in [-0.1, -0.05) is 6.08 Å². The molecule has 4 rings (SSSR count). The van der Waals surface area contributed by atoms with Gasteiger partial charge in [0.1, 0.15) is 5.52 Å². The largest absolute Gasteiger partial charge is 0.380 e. The standard InChI is InChI=1S/C26H40N8O2/c1-18(2)34-17-27-24-22(15-19(3)28-25(24)34)29-20-8-12-32(13-9-20)26(36)30-21-10-14-33(16-21)23(35)7-6-11-31(4)5/h6-7,15,17-18,20-21H,8-14,16H2,1-5H3,(H,28,29)(H,30,36). The Labute approximate surface area is 213 Å². The van der Waals surface area contributed by atoms with Crippen molar-refractivity contribution in [1.82, 2.24) is 34.6 Å². The van der Waals surface area contributed by atoms with Gasteiger partial charge >= 0.3 is 6.03 Å². The van der Waals surface area contributed by atoms with E-state index in [4.69, 9.17) is 4.98 Å². The average molecular weight is 497 g/mol. The number of nitrogens with zero attached hydrogens (tertiary/aromatic N) is 6. The SMILES string of the molecule is Cc1cc(NC2CCN(C(=O)NC3CCN(C(=O)C=CCN(C)C)C3)CC2)c2ncn(C(C)C)c2n1. The van der Waals surface area contributed by atoms with Gasteiger partial charge < -0.3 is 29.9 Å². The van der Waals surface area contributed by atoms with E-state index < -0.39 is 0 Å². The number of carbonyl (C=O) groups excluding carboxylic acids is 2. The molecule has 0 aromatic carbocycles. The monoisotopic (exact) mass is 496 g/mol. The van der Waals surface area contributed by atoms with Crippen molar-refractivity contribution in [2.45, 2.75) is 58.2 Å². The topological polar surface area (TPSA) is 98.6 Å². The summed E-state index contributed by atoms with van der Waals surface area (Å²) in [7, 11) is 3.94. The summed E-state index contributed by atoms with van der Waals surface area (Å²) in [5, 5.41) is 6.80. The highest BCUT2D eigenvalue weighted by Gasteiger charge is 2.29. The summed E-state index contributed by atoms with van der Waals surface area (Å²) in [4.78, 5) is 40.3. The van der Waals surface area contributed by atoms with Gasteiger partial charge in [0, 0.05) is 62.6 Å². The number of hydrogen-bond acceptors (Lipinski definition) is 6. The molecule has 36 heavy (non-hydrogen) atoms. The molecule has 3 amide bonds. The van der Waals surface area contributed by atoms with Gasteiger partial charge in [-0.25, -0.2) is 14.8 Å². The molecule has 0 saturated carbocycles. The Hall–Kier alpha value is -3.14. The van der Waals surface area contributed by atoms with Crippen molar-refractivity contribution in [2.24, 2.45) is 0 Å². The molecule has 4 heterocycles. The van der Waals surface area contributed by atoms with Gasteiger partial charge in [-0.15, -0.1) is 0 Å². The fraction of sp³-hybridized carbons (Fsp3) is 0.615. The minimum atomic E-state index is -0.0336. The number of aromatic nitrogens is 3. The van der Waals surface area contributed by atoms with Crippen molar-refractivity contribution in [3.8, 4) is 0 Å². The number of likely N-dealkylation sites (N-methyl/N-ethyl adjacent to an activating group) is 1. The van der Waals surface area contributed by atoms with Crippen LogP contribution in [0.1, 0.15) is 44.8 Å². The molecular weight excluding hydrogens is 456 g/mol. The first kappa shape index (κ1) is 25.9. The fourth-order valence-corrected chi connectivity index (χ4v) is 4.88. The zero-order valence-electron chi connectivity index (χ0n) is 22.2. The van der Waals surface area contributed by atoms with Crippen LogP contribution in [0.4, 0.5) is 10.5 Å². The molecule has 2 aromatic heterocycles. The van der Waals surface area contributed by atoms with Crippen LogP contribution in [0.15, 0.2) is 24.5 Å². The third-order valence-corrected chi connectivity index (χ3v) is 6.91. The van der Waals surface area contributed by atoms with Crippen LogP contribution in [-0.2, 0) is 4.79 Å². The molecule has 10 nitrogen and oxygen atoms in total. The zero-order valence-corrected chi connectivity index (χ0v) is 22.2. The van der Waals surface area contributed by atoms with E-state index >= 15 is 0 Å². The highest BCUT2D eigenvalue weighted by Crippen LogP contribution is 2.26. The lowest BCUT2D eigenvalue weighted by Gasteiger charge is -2.33. The quantitative estimate of drug-likeness (QED) is 0.572. The van der Waals surface area contributed by atoms with Gasteiger partial charge in [0.15, 0.2) is 5.65 Å². The molecule has 2 N–H and O–H groups in total. The van der Waals surface area contributed by atoms with E-state index in [-0.39, 0.29) is 24.0 Å². The van der Waals surface area contributed by atoms with E-state index in [9.17, 15) is 9.59 Å². The van der Waals surface area contributed by atoms with Gasteiger partial charge in [-0.05, 0) is 60.2 Å². The average Bonchev–Trinajstić information content (AvgIpc) is 3.46. The molecule has 2 aliphatic rings. The first-order valence-electron chi connectivity index (χ1n) is 13.0. The lowest BCUT2D eigenvalue weighted by molar-refractivity contribution is -0.125. The van der Waals surface area contributed by atoms with Gasteiger partial charge in [-0.3, -0.25) is 4.79 Å². The second kappa shape index (κ2) is 11.3. The van der Waals surface area contributed by atoms with Crippen molar-refractivity contribution in [2.75, 3.05) is 52.1 Å². The van der Waals surface area contributed by atoms with Crippen LogP contribution in [0.3, 0.4) is 0 Å². The van der Waals surface area contributed by atoms with Crippen molar-refractivity contribution < 1.29 is 9.59 Å². The Morgan fingerprint density at radius 2 is 1.83 bits per heavy atom. The Morgan fingerprint density at radius 3 is 2.53 bits per heavy atom. The van der Waals surface area contributed by atoms with Gasteiger partial charge in [0.2, 0.25) is 5.91 Å². The number of aryl methyl sites for hydroxylation is 1. The molecule has 0 spiro atoms. The summed E-state index contributed by atoms with van der Waals surface area (Å²) in [6.07, 6.45) is 7.89. The van der Waals surface area contributed by atoms with Crippen LogP contribution in [-0.4, -0.2) is 100 Å². The number of piperidine rings is 1. The van der Waals surface area contributed by atoms with Crippen LogP contribution in [0.2, 0.25) is 0 Å². The minimum Gasteiger partial charge on any atom is -0.380 e. The van der Waals surface area contributed by atoms with Crippen LogP contribution in [0, 0.1) is 6.92 Å². The number of imidazole rings is 1. The normalized spacial score (nSPS) is 19.2. The summed E-state index contributed by atoms with van der Waals surface area (Å²) in [6, 6.07) is 2.60. The van der Waals surface area contributed by atoms with Crippen molar-refractivity contribution in [3.05, 3.63) is 30.2 Å². The number of carbonyl (C=O) groups is 2. The number of urea groups is 1. The van der Waals surface area contributed by atoms with Crippen LogP contribution in [0.5, 0.6) is 0 Å². The van der Waals surface area contributed by atoms with Gasteiger partial charge in [0.25, 0.3) is 0 Å². The van der Waals surface area contributed by atoms with Crippen molar-refractivity contribution in [3.63, 3.8) is 0 Å². The molecule has 2 aromatic rings. The maximum absolute atomic E-state index is 12.9.